The Labute approximate surface area is 126 Å². The summed E-state index contributed by atoms with van der Waals surface area (Å²) in [5.74, 6) is -1.80. The number of rotatable bonds is 5. The smallest absolute Gasteiger partial charge is 0.307 e. The van der Waals surface area contributed by atoms with Crippen molar-refractivity contribution in [2.75, 3.05) is 6.54 Å². The van der Waals surface area contributed by atoms with Gasteiger partial charge in [-0.25, -0.2) is 17.2 Å². The Morgan fingerprint density at radius 1 is 1.50 bits per heavy atom. The minimum Gasteiger partial charge on any atom is -0.481 e. The van der Waals surface area contributed by atoms with Gasteiger partial charge in [0.05, 0.1) is 12.1 Å². The van der Waals surface area contributed by atoms with Crippen LogP contribution in [0.15, 0.2) is 17.3 Å². The number of alkyl halides is 2. The molecule has 2 unspecified atom stereocenters. The highest BCUT2D eigenvalue weighted by atomic mass is 32.2. The monoisotopic (exact) mass is 337 g/mol. The predicted molar refractivity (Wildman–Crippen MR) is 71.9 cm³/mol. The molecule has 1 N–H and O–H groups in total. The van der Waals surface area contributed by atoms with Gasteiger partial charge >= 0.3 is 5.97 Å². The fraction of sp³-hybridized carbons (Fsp3) is 0.667. The van der Waals surface area contributed by atoms with Crippen molar-refractivity contribution in [2.45, 2.75) is 43.7 Å². The second-order valence-electron chi connectivity index (χ2n) is 5.33. The first kappa shape index (κ1) is 16.8. The first-order valence-electron chi connectivity index (χ1n) is 6.77. The first-order valence-corrected chi connectivity index (χ1v) is 8.21. The molecule has 1 aromatic rings. The largest absolute Gasteiger partial charge is 0.481 e. The van der Waals surface area contributed by atoms with Crippen LogP contribution in [0, 0.1) is 5.92 Å². The summed E-state index contributed by atoms with van der Waals surface area (Å²) in [7, 11) is -3.95. The van der Waals surface area contributed by atoms with Gasteiger partial charge in [0.1, 0.15) is 11.4 Å². The normalized spacial score (nSPS) is 23.8. The third kappa shape index (κ3) is 3.43. The molecule has 7 nitrogen and oxygen atoms in total. The fourth-order valence-electron chi connectivity index (χ4n) is 2.47. The number of hydrogen-bond donors (Lipinski definition) is 1. The Hall–Kier alpha value is -1.55. The van der Waals surface area contributed by atoms with Crippen LogP contribution < -0.4 is 0 Å². The maximum atomic E-state index is 12.6. The molecule has 2 atom stereocenters. The molecule has 124 valence electrons. The van der Waals surface area contributed by atoms with Crippen molar-refractivity contribution >= 4 is 16.0 Å². The molecule has 0 bridgehead atoms. The van der Waals surface area contributed by atoms with Crippen LogP contribution >= 0.6 is 0 Å². The Morgan fingerprint density at radius 3 is 2.77 bits per heavy atom. The van der Waals surface area contributed by atoms with Gasteiger partial charge in [0.2, 0.25) is 10.0 Å². The molecule has 1 saturated heterocycles. The number of carbonyl (C=O) groups is 1. The van der Waals surface area contributed by atoms with Gasteiger partial charge in [-0.05, 0) is 19.8 Å². The Morgan fingerprint density at radius 2 is 2.18 bits per heavy atom. The second-order valence-corrected chi connectivity index (χ2v) is 7.22. The van der Waals surface area contributed by atoms with Gasteiger partial charge in [-0.15, -0.1) is 0 Å². The molecule has 1 aliphatic heterocycles. The van der Waals surface area contributed by atoms with Crippen molar-refractivity contribution in [3.8, 4) is 0 Å². The molecule has 0 amide bonds. The minimum absolute atomic E-state index is 0.126. The van der Waals surface area contributed by atoms with Crippen molar-refractivity contribution < 1.29 is 27.1 Å². The van der Waals surface area contributed by atoms with Gasteiger partial charge in [-0.1, -0.05) is 0 Å². The lowest BCUT2D eigenvalue weighted by Gasteiger charge is -2.34. The summed E-state index contributed by atoms with van der Waals surface area (Å²) in [5.41, 5.74) is 0. The minimum atomic E-state index is -3.95. The van der Waals surface area contributed by atoms with Crippen LogP contribution in [0.5, 0.6) is 0 Å². The maximum absolute atomic E-state index is 12.6. The molecule has 22 heavy (non-hydrogen) atoms. The van der Waals surface area contributed by atoms with E-state index in [1.807, 2.05) is 0 Å². The zero-order chi connectivity index (χ0) is 16.5. The maximum Gasteiger partial charge on any atom is 0.307 e. The number of sulfonamides is 1. The van der Waals surface area contributed by atoms with Crippen LogP contribution in [0.2, 0.25) is 0 Å². The van der Waals surface area contributed by atoms with Gasteiger partial charge in [-0.2, -0.15) is 9.40 Å². The summed E-state index contributed by atoms with van der Waals surface area (Å²) in [6.45, 7) is 0.876. The average Bonchev–Trinajstić information content (AvgIpc) is 2.87. The molecule has 0 radical (unpaired) electrons. The number of piperidine rings is 1. The summed E-state index contributed by atoms with van der Waals surface area (Å²) in [4.78, 5) is 10.9. The zero-order valence-corrected chi connectivity index (χ0v) is 12.7. The Balaban J connectivity index is 2.24. The topological polar surface area (TPSA) is 92.5 Å². The van der Waals surface area contributed by atoms with Crippen LogP contribution in [0.3, 0.4) is 0 Å². The summed E-state index contributed by atoms with van der Waals surface area (Å²) < 4.78 is 51.7. The quantitative estimate of drug-likeness (QED) is 0.866. The highest BCUT2D eigenvalue weighted by Crippen LogP contribution is 2.28. The van der Waals surface area contributed by atoms with Crippen molar-refractivity contribution in [1.29, 1.82) is 0 Å². The van der Waals surface area contributed by atoms with Crippen LogP contribution in [-0.4, -0.2) is 52.6 Å². The molecule has 2 heterocycles. The first-order chi connectivity index (χ1) is 10.2. The van der Waals surface area contributed by atoms with E-state index in [-0.39, 0.29) is 17.5 Å². The lowest BCUT2D eigenvalue weighted by Crippen LogP contribution is -2.47. The summed E-state index contributed by atoms with van der Waals surface area (Å²) in [6, 6.07) is -0.348. The molecule has 1 aliphatic rings. The molecular weight excluding hydrogens is 320 g/mol. The Bertz CT molecular complexity index is 647. The van der Waals surface area contributed by atoms with Gasteiger partial charge in [0.25, 0.3) is 6.43 Å². The van der Waals surface area contributed by atoms with Gasteiger partial charge in [0, 0.05) is 18.8 Å². The van der Waals surface area contributed by atoms with E-state index in [9.17, 15) is 22.0 Å². The van der Waals surface area contributed by atoms with Crippen LogP contribution in [0.1, 0.15) is 19.8 Å². The van der Waals surface area contributed by atoms with Gasteiger partial charge in [0.15, 0.2) is 0 Å². The van der Waals surface area contributed by atoms with E-state index in [4.69, 9.17) is 5.11 Å². The number of nitrogens with zero attached hydrogens (tertiary/aromatic N) is 3. The highest BCUT2D eigenvalue weighted by Gasteiger charge is 2.38. The fourth-order valence-corrected chi connectivity index (χ4v) is 4.13. The van der Waals surface area contributed by atoms with Crippen LogP contribution in [0.25, 0.3) is 0 Å². The SMILES string of the molecule is CC1CCC(C(=O)O)CN1S(=O)(=O)c1cnn(CC(F)F)c1. The van der Waals surface area contributed by atoms with Crippen molar-refractivity contribution in [1.82, 2.24) is 14.1 Å². The van der Waals surface area contributed by atoms with E-state index in [2.05, 4.69) is 5.10 Å². The molecule has 0 aliphatic carbocycles. The number of carboxylic acid groups (broad SMARTS) is 1. The summed E-state index contributed by atoms with van der Waals surface area (Å²) in [6.07, 6.45) is 0.253. The molecule has 2 rings (SSSR count). The molecule has 0 spiro atoms. The van der Waals surface area contributed by atoms with Gasteiger partial charge < -0.3 is 5.11 Å². The van der Waals surface area contributed by atoms with Gasteiger partial charge in [-0.3, -0.25) is 9.48 Å². The third-order valence-electron chi connectivity index (χ3n) is 3.72. The molecule has 0 aromatic carbocycles. The molecule has 10 heteroatoms. The average molecular weight is 337 g/mol. The molecule has 1 fully saturated rings. The zero-order valence-electron chi connectivity index (χ0n) is 11.9. The van der Waals surface area contributed by atoms with Crippen molar-refractivity contribution in [3.63, 3.8) is 0 Å². The number of carboxylic acids is 1. The number of hydrogen-bond acceptors (Lipinski definition) is 4. The predicted octanol–water partition coefficient (Wildman–Crippen LogP) is 1.02. The summed E-state index contributed by atoms with van der Waals surface area (Å²) in [5, 5.41) is 12.7. The number of aromatic nitrogens is 2. The lowest BCUT2D eigenvalue weighted by molar-refractivity contribution is -0.143. The Kier molecular flexibility index (Phi) is 4.81. The van der Waals surface area contributed by atoms with E-state index >= 15 is 0 Å². The van der Waals surface area contributed by atoms with Crippen molar-refractivity contribution in [3.05, 3.63) is 12.4 Å². The summed E-state index contributed by atoms with van der Waals surface area (Å²) >= 11 is 0. The molecule has 0 saturated carbocycles. The van der Waals surface area contributed by atoms with Crippen LogP contribution in [-0.2, 0) is 21.4 Å². The van der Waals surface area contributed by atoms with Crippen LogP contribution in [0.4, 0.5) is 8.78 Å². The van der Waals surface area contributed by atoms with E-state index in [0.717, 1.165) is 21.4 Å². The second kappa shape index (κ2) is 6.29. The number of aliphatic carboxylic acids is 1. The van der Waals surface area contributed by atoms with E-state index < -0.39 is 34.9 Å². The lowest BCUT2D eigenvalue weighted by atomic mass is 9.96. The number of halogens is 2. The van der Waals surface area contributed by atoms with E-state index in [1.165, 1.54) is 0 Å². The highest BCUT2D eigenvalue weighted by molar-refractivity contribution is 7.89. The standard InChI is InChI=1S/C12H17F2N3O4S/c1-8-2-3-9(12(18)19)5-17(8)22(20,21)10-4-15-16(6-10)7-11(13)14/h4,6,8-9,11H,2-3,5,7H2,1H3,(H,18,19). The van der Waals surface area contributed by atoms with E-state index in [0.29, 0.717) is 12.8 Å². The molecule has 1 aromatic heterocycles. The van der Waals surface area contributed by atoms with Crippen molar-refractivity contribution in [2.24, 2.45) is 5.92 Å². The molecular formula is C12H17F2N3O4S. The van der Waals surface area contributed by atoms with E-state index in [1.54, 1.807) is 6.92 Å². The third-order valence-corrected chi connectivity index (χ3v) is 5.65.